The maximum atomic E-state index is 11.2. The summed E-state index contributed by atoms with van der Waals surface area (Å²) in [7, 11) is 5.59. The highest BCUT2D eigenvalue weighted by Gasteiger charge is 2.19. The normalized spacial score (nSPS) is 10.2. The molecule has 0 atom stereocenters. The van der Waals surface area contributed by atoms with Crippen molar-refractivity contribution in [3.8, 4) is 34.5 Å². The Kier molecular flexibility index (Phi) is 8.18. The fourth-order valence-electron chi connectivity index (χ4n) is 2.70. The van der Waals surface area contributed by atoms with Gasteiger partial charge in [0.15, 0.2) is 23.0 Å². The number of methoxy groups -OCH3 is 4. The minimum atomic E-state index is -1.12. The van der Waals surface area contributed by atoms with Crippen molar-refractivity contribution in [3.05, 3.63) is 35.4 Å². The van der Waals surface area contributed by atoms with Crippen LogP contribution < -0.4 is 28.4 Å². The molecule has 0 heterocycles. The molecule has 0 amide bonds. The third-order valence-corrected chi connectivity index (χ3v) is 4.20. The summed E-state index contributed by atoms with van der Waals surface area (Å²) in [6, 6.07) is 5.37. The van der Waals surface area contributed by atoms with Gasteiger partial charge in [0.25, 0.3) is 0 Å². The monoisotopic (exact) mass is 436 g/mol. The number of hydrogen-bond acceptors (Lipinski definition) is 8. The molecule has 2 aromatic carbocycles. The molecule has 0 aliphatic carbocycles. The van der Waals surface area contributed by atoms with E-state index in [9.17, 15) is 19.8 Å². The molecule has 0 aliphatic heterocycles. The fraction of sp³-hybridized carbons (Fsp3) is 0.333. The summed E-state index contributed by atoms with van der Waals surface area (Å²) in [5.41, 5.74) is 0.0155. The number of rotatable bonds is 12. The van der Waals surface area contributed by atoms with Crippen LogP contribution in [0.3, 0.4) is 0 Å². The van der Waals surface area contributed by atoms with Crippen molar-refractivity contribution < 1.29 is 48.2 Å². The predicted octanol–water partition coefficient (Wildman–Crippen LogP) is 2.97. The van der Waals surface area contributed by atoms with Gasteiger partial charge in [0.05, 0.1) is 52.8 Å². The lowest BCUT2D eigenvalue weighted by Crippen LogP contribution is -2.09. The number of ether oxygens (including phenoxy) is 6. The van der Waals surface area contributed by atoms with E-state index >= 15 is 0 Å². The SMILES string of the molecule is COc1cc(C(=O)O)cc(OC)c1OCCCOc1c(OC)cc(C(=O)O)cc1OC. The number of benzene rings is 2. The van der Waals surface area contributed by atoms with Crippen molar-refractivity contribution in [2.24, 2.45) is 0 Å². The number of carbonyl (C=O) groups is 2. The van der Waals surface area contributed by atoms with Gasteiger partial charge in [-0.15, -0.1) is 0 Å². The first-order chi connectivity index (χ1) is 14.9. The summed E-state index contributed by atoms with van der Waals surface area (Å²) in [4.78, 5) is 22.4. The largest absolute Gasteiger partial charge is 0.493 e. The molecule has 10 heteroatoms. The zero-order valence-corrected chi connectivity index (χ0v) is 17.6. The van der Waals surface area contributed by atoms with Crippen LogP contribution in [0.15, 0.2) is 24.3 Å². The Labute approximate surface area is 178 Å². The Morgan fingerprint density at radius 1 is 0.645 bits per heavy atom. The molecule has 31 heavy (non-hydrogen) atoms. The van der Waals surface area contributed by atoms with Gasteiger partial charge in [0.1, 0.15) is 0 Å². The van der Waals surface area contributed by atoms with Gasteiger partial charge in [0, 0.05) is 6.42 Å². The van der Waals surface area contributed by atoms with Gasteiger partial charge in [0.2, 0.25) is 11.5 Å². The van der Waals surface area contributed by atoms with Crippen LogP contribution in [0.1, 0.15) is 27.1 Å². The predicted molar refractivity (Wildman–Crippen MR) is 109 cm³/mol. The van der Waals surface area contributed by atoms with Gasteiger partial charge in [-0.3, -0.25) is 0 Å². The van der Waals surface area contributed by atoms with Crippen molar-refractivity contribution in [1.82, 2.24) is 0 Å². The molecule has 10 nitrogen and oxygen atoms in total. The van der Waals surface area contributed by atoms with Crippen molar-refractivity contribution in [2.45, 2.75) is 6.42 Å². The van der Waals surface area contributed by atoms with E-state index in [1.165, 1.54) is 52.7 Å². The lowest BCUT2D eigenvalue weighted by molar-refractivity contribution is 0.0685. The third-order valence-electron chi connectivity index (χ3n) is 4.20. The Balaban J connectivity index is 2.06. The highest BCUT2D eigenvalue weighted by molar-refractivity contribution is 5.90. The van der Waals surface area contributed by atoms with Gasteiger partial charge >= 0.3 is 11.9 Å². The Bertz CT molecular complexity index is 812. The molecular formula is C21H24O10. The minimum Gasteiger partial charge on any atom is -0.493 e. The summed E-state index contributed by atoms with van der Waals surface area (Å²) in [6.07, 6.45) is 0.431. The average Bonchev–Trinajstić information content (AvgIpc) is 2.77. The molecule has 0 saturated heterocycles. The summed E-state index contributed by atoms with van der Waals surface area (Å²) in [5, 5.41) is 18.4. The lowest BCUT2D eigenvalue weighted by Gasteiger charge is -2.17. The first-order valence-electron chi connectivity index (χ1n) is 9.10. The smallest absolute Gasteiger partial charge is 0.335 e. The number of hydrogen-bond donors (Lipinski definition) is 2. The number of aromatic carboxylic acids is 2. The van der Waals surface area contributed by atoms with E-state index in [0.29, 0.717) is 6.42 Å². The van der Waals surface area contributed by atoms with Gasteiger partial charge in [-0.1, -0.05) is 0 Å². The van der Waals surface area contributed by atoms with Crippen molar-refractivity contribution >= 4 is 11.9 Å². The van der Waals surface area contributed by atoms with Crippen LogP contribution in [0.25, 0.3) is 0 Å². The van der Waals surface area contributed by atoms with Crippen LogP contribution in [-0.4, -0.2) is 63.8 Å². The Morgan fingerprint density at radius 2 is 0.935 bits per heavy atom. The van der Waals surface area contributed by atoms with Crippen molar-refractivity contribution in [3.63, 3.8) is 0 Å². The molecule has 0 unspecified atom stereocenters. The molecule has 0 bridgehead atoms. The molecule has 2 rings (SSSR count). The highest BCUT2D eigenvalue weighted by atomic mass is 16.5. The fourth-order valence-corrected chi connectivity index (χ4v) is 2.70. The summed E-state index contributed by atoms with van der Waals surface area (Å²) < 4.78 is 32.3. The van der Waals surface area contributed by atoms with Crippen LogP contribution in [0.2, 0.25) is 0 Å². The lowest BCUT2D eigenvalue weighted by atomic mass is 10.2. The van der Waals surface area contributed by atoms with Crippen LogP contribution in [0.5, 0.6) is 34.5 Å². The molecule has 0 spiro atoms. The summed E-state index contributed by atoms with van der Waals surface area (Å²) in [6.45, 7) is 0.411. The quantitative estimate of drug-likeness (QED) is 0.479. The zero-order chi connectivity index (χ0) is 23.0. The highest BCUT2D eigenvalue weighted by Crippen LogP contribution is 2.40. The van der Waals surface area contributed by atoms with Gasteiger partial charge in [-0.05, 0) is 24.3 Å². The topological polar surface area (TPSA) is 130 Å². The van der Waals surface area contributed by atoms with Crippen LogP contribution in [0.4, 0.5) is 0 Å². The third kappa shape index (κ3) is 5.62. The molecule has 0 aromatic heterocycles. The molecule has 2 N–H and O–H groups in total. The van der Waals surface area contributed by atoms with E-state index in [1.54, 1.807) is 0 Å². The van der Waals surface area contributed by atoms with Crippen LogP contribution >= 0.6 is 0 Å². The second kappa shape index (κ2) is 10.8. The average molecular weight is 436 g/mol. The van der Waals surface area contributed by atoms with E-state index in [2.05, 4.69) is 0 Å². The number of carboxylic acid groups (broad SMARTS) is 2. The second-order valence-electron chi connectivity index (χ2n) is 6.08. The molecule has 0 fully saturated rings. The van der Waals surface area contributed by atoms with Crippen molar-refractivity contribution in [2.75, 3.05) is 41.7 Å². The maximum absolute atomic E-state index is 11.2. The first-order valence-corrected chi connectivity index (χ1v) is 9.10. The molecule has 0 saturated carbocycles. The first kappa shape index (κ1) is 23.5. The summed E-state index contributed by atoms with van der Waals surface area (Å²) >= 11 is 0. The van der Waals surface area contributed by atoms with E-state index in [0.717, 1.165) is 0 Å². The molecular weight excluding hydrogens is 412 g/mol. The molecule has 0 aliphatic rings. The Hall–Kier alpha value is -3.82. The van der Waals surface area contributed by atoms with Gasteiger partial charge in [-0.2, -0.15) is 0 Å². The maximum Gasteiger partial charge on any atom is 0.335 e. The van der Waals surface area contributed by atoms with Gasteiger partial charge < -0.3 is 38.6 Å². The van der Waals surface area contributed by atoms with E-state index in [4.69, 9.17) is 28.4 Å². The summed E-state index contributed by atoms with van der Waals surface area (Å²) in [5.74, 6) is -0.778. The Morgan fingerprint density at radius 3 is 1.16 bits per heavy atom. The van der Waals surface area contributed by atoms with E-state index < -0.39 is 11.9 Å². The van der Waals surface area contributed by atoms with Crippen LogP contribution in [0, 0.1) is 0 Å². The zero-order valence-electron chi connectivity index (χ0n) is 17.6. The molecule has 168 valence electrons. The second-order valence-corrected chi connectivity index (χ2v) is 6.08. The van der Waals surface area contributed by atoms with E-state index in [1.807, 2.05) is 0 Å². The molecule has 0 radical (unpaired) electrons. The van der Waals surface area contributed by atoms with E-state index in [-0.39, 0.29) is 58.8 Å². The standard InChI is InChI=1S/C21H24O10/c1-26-14-8-12(20(22)23)9-15(27-2)18(14)30-6-5-7-31-19-16(28-3)10-13(21(24)25)11-17(19)29-4/h8-11H,5-7H2,1-4H3,(H,22,23)(H,24,25). The molecule has 2 aromatic rings. The number of carboxylic acids is 2. The minimum absolute atomic E-state index is 0.00776. The van der Waals surface area contributed by atoms with Gasteiger partial charge in [-0.25, -0.2) is 9.59 Å². The van der Waals surface area contributed by atoms with Crippen molar-refractivity contribution in [1.29, 1.82) is 0 Å². The van der Waals surface area contributed by atoms with Crippen LogP contribution in [-0.2, 0) is 0 Å².